The van der Waals surface area contributed by atoms with Gasteiger partial charge in [0.2, 0.25) is 0 Å². The number of carbonyl (C=O) groups excluding carboxylic acids is 1. The molecular weight excluding hydrogens is 138 g/mol. The minimum Gasteiger partial charge on any atom is -0.371 e. The predicted molar refractivity (Wildman–Crippen MR) is 43.0 cm³/mol. The zero-order chi connectivity index (χ0) is 7.68. The van der Waals surface area contributed by atoms with Crippen LogP contribution in [0, 0.1) is 0 Å². The first-order valence-corrected chi connectivity index (χ1v) is 4.01. The summed E-state index contributed by atoms with van der Waals surface area (Å²) in [6, 6.07) is 0. The molecule has 0 radical (unpaired) electrons. The number of rotatable bonds is 1. The normalized spacial score (nSPS) is 22.4. The van der Waals surface area contributed by atoms with Crippen LogP contribution in [0.3, 0.4) is 0 Å². The molecule has 0 aromatic rings. The Hall–Kier alpha value is -1.05. The van der Waals surface area contributed by atoms with Crippen LogP contribution < -0.4 is 0 Å². The fourth-order valence-electron chi connectivity index (χ4n) is 1.67. The summed E-state index contributed by atoms with van der Waals surface area (Å²) in [6.07, 6.45) is 7.31. The summed E-state index contributed by atoms with van der Waals surface area (Å²) in [7, 11) is 0. The van der Waals surface area contributed by atoms with Crippen LogP contribution in [0.25, 0.3) is 0 Å². The standard InChI is InChI=1S/C9H11NO/c11-7-8-3-5-10-4-1-2-9(10)6-8/h3,6-7H,1-2,4-5H2. The summed E-state index contributed by atoms with van der Waals surface area (Å²) in [5, 5.41) is 0. The van der Waals surface area contributed by atoms with E-state index in [4.69, 9.17) is 0 Å². The fourth-order valence-corrected chi connectivity index (χ4v) is 1.67. The van der Waals surface area contributed by atoms with E-state index in [1.165, 1.54) is 12.1 Å². The third-order valence-corrected chi connectivity index (χ3v) is 2.28. The maximum absolute atomic E-state index is 10.4. The Bertz CT molecular complexity index is 240. The molecule has 0 N–H and O–H groups in total. The van der Waals surface area contributed by atoms with Gasteiger partial charge in [0.15, 0.2) is 0 Å². The van der Waals surface area contributed by atoms with E-state index in [-0.39, 0.29) is 0 Å². The summed E-state index contributed by atoms with van der Waals surface area (Å²) in [6.45, 7) is 2.09. The summed E-state index contributed by atoms with van der Waals surface area (Å²) >= 11 is 0. The second-order valence-corrected chi connectivity index (χ2v) is 3.01. The molecule has 0 unspecified atom stereocenters. The van der Waals surface area contributed by atoms with Gasteiger partial charge >= 0.3 is 0 Å². The number of hydrogen-bond donors (Lipinski definition) is 0. The average molecular weight is 149 g/mol. The lowest BCUT2D eigenvalue weighted by molar-refractivity contribution is -0.104. The molecule has 0 aliphatic carbocycles. The zero-order valence-corrected chi connectivity index (χ0v) is 6.42. The van der Waals surface area contributed by atoms with Crippen LogP contribution in [-0.2, 0) is 4.79 Å². The molecule has 2 aliphatic heterocycles. The van der Waals surface area contributed by atoms with Gasteiger partial charge in [-0.05, 0) is 18.9 Å². The van der Waals surface area contributed by atoms with Crippen molar-refractivity contribution in [1.29, 1.82) is 0 Å². The molecule has 2 nitrogen and oxygen atoms in total. The SMILES string of the molecule is O=CC1=CCN2CCCC2=C1. The summed E-state index contributed by atoms with van der Waals surface area (Å²) in [5.41, 5.74) is 2.19. The number of fused-ring (bicyclic) bond motifs is 1. The Morgan fingerprint density at radius 1 is 1.55 bits per heavy atom. The van der Waals surface area contributed by atoms with E-state index in [0.29, 0.717) is 0 Å². The molecule has 0 bridgehead atoms. The van der Waals surface area contributed by atoms with Gasteiger partial charge in [0.25, 0.3) is 0 Å². The number of carbonyl (C=O) groups is 1. The van der Waals surface area contributed by atoms with E-state index in [2.05, 4.69) is 4.90 Å². The third kappa shape index (κ3) is 1.09. The van der Waals surface area contributed by atoms with Gasteiger partial charge in [0.1, 0.15) is 6.29 Å². The first kappa shape index (κ1) is 6.65. The van der Waals surface area contributed by atoms with Gasteiger partial charge in [-0.15, -0.1) is 0 Å². The van der Waals surface area contributed by atoms with Crippen LogP contribution in [0.5, 0.6) is 0 Å². The van der Waals surface area contributed by atoms with Crippen LogP contribution >= 0.6 is 0 Å². The average Bonchev–Trinajstić information content (AvgIpc) is 2.50. The molecule has 0 atom stereocenters. The van der Waals surface area contributed by atoms with Crippen molar-refractivity contribution in [3.8, 4) is 0 Å². The van der Waals surface area contributed by atoms with Crippen LogP contribution in [0.1, 0.15) is 12.8 Å². The molecule has 2 rings (SSSR count). The Morgan fingerprint density at radius 3 is 3.27 bits per heavy atom. The molecular formula is C9H11NO. The largest absolute Gasteiger partial charge is 0.371 e. The van der Waals surface area contributed by atoms with Gasteiger partial charge < -0.3 is 4.90 Å². The lowest BCUT2D eigenvalue weighted by Crippen LogP contribution is -2.20. The minimum absolute atomic E-state index is 0.846. The molecule has 11 heavy (non-hydrogen) atoms. The Labute approximate surface area is 66.2 Å². The van der Waals surface area contributed by atoms with Crippen LogP contribution in [0.2, 0.25) is 0 Å². The second-order valence-electron chi connectivity index (χ2n) is 3.01. The molecule has 1 fully saturated rings. The van der Waals surface area contributed by atoms with Gasteiger partial charge in [-0.3, -0.25) is 4.79 Å². The van der Waals surface area contributed by atoms with Gasteiger partial charge in [-0.2, -0.15) is 0 Å². The van der Waals surface area contributed by atoms with E-state index in [1.54, 1.807) is 0 Å². The predicted octanol–water partition coefficient (Wildman–Crippen LogP) is 1.10. The van der Waals surface area contributed by atoms with E-state index in [9.17, 15) is 4.79 Å². The highest BCUT2D eigenvalue weighted by molar-refractivity contribution is 5.78. The summed E-state index contributed by atoms with van der Waals surface area (Å²) in [5.74, 6) is 0. The Morgan fingerprint density at radius 2 is 2.45 bits per heavy atom. The maximum atomic E-state index is 10.4. The number of nitrogens with zero attached hydrogens (tertiary/aromatic N) is 1. The van der Waals surface area contributed by atoms with Crippen molar-refractivity contribution in [2.45, 2.75) is 12.8 Å². The van der Waals surface area contributed by atoms with Gasteiger partial charge in [-0.1, -0.05) is 6.08 Å². The number of aldehydes is 1. The second kappa shape index (κ2) is 2.53. The molecule has 0 saturated carbocycles. The van der Waals surface area contributed by atoms with E-state index in [0.717, 1.165) is 31.4 Å². The zero-order valence-electron chi connectivity index (χ0n) is 6.42. The van der Waals surface area contributed by atoms with Crippen molar-refractivity contribution >= 4 is 6.29 Å². The third-order valence-electron chi connectivity index (χ3n) is 2.28. The molecule has 2 aliphatic rings. The monoisotopic (exact) mass is 149 g/mol. The van der Waals surface area contributed by atoms with Crippen molar-refractivity contribution in [2.75, 3.05) is 13.1 Å². The molecule has 0 aromatic heterocycles. The lowest BCUT2D eigenvalue weighted by Gasteiger charge is -2.21. The Kier molecular flexibility index (Phi) is 1.53. The molecule has 0 amide bonds. The fraction of sp³-hybridized carbons (Fsp3) is 0.444. The van der Waals surface area contributed by atoms with Gasteiger partial charge in [-0.25, -0.2) is 0 Å². The molecule has 2 heteroatoms. The molecule has 1 saturated heterocycles. The van der Waals surface area contributed by atoms with Crippen LogP contribution in [0.4, 0.5) is 0 Å². The highest BCUT2D eigenvalue weighted by Gasteiger charge is 2.18. The van der Waals surface area contributed by atoms with Crippen molar-refractivity contribution < 1.29 is 4.79 Å². The van der Waals surface area contributed by atoms with E-state index >= 15 is 0 Å². The quantitative estimate of drug-likeness (QED) is 0.520. The van der Waals surface area contributed by atoms with Crippen molar-refractivity contribution in [2.24, 2.45) is 0 Å². The number of allylic oxidation sites excluding steroid dienone is 3. The van der Waals surface area contributed by atoms with E-state index in [1.807, 2.05) is 12.2 Å². The highest BCUT2D eigenvalue weighted by atomic mass is 16.1. The maximum Gasteiger partial charge on any atom is 0.149 e. The molecule has 2 heterocycles. The summed E-state index contributed by atoms with van der Waals surface area (Å²) in [4.78, 5) is 12.7. The van der Waals surface area contributed by atoms with Crippen molar-refractivity contribution in [3.05, 3.63) is 23.4 Å². The Balaban J connectivity index is 2.23. The highest BCUT2D eigenvalue weighted by Crippen LogP contribution is 2.24. The van der Waals surface area contributed by atoms with Gasteiger partial charge in [0, 0.05) is 24.4 Å². The van der Waals surface area contributed by atoms with Crippen molar-refractivity contribution in [3.63, 3.8) is 0 Å². The first-order chi connectivity index (χ1) is 5.40. The topological polar surface area (TPSA) is 20.3 Å². The first-order valence-electron chi connectivity index (χ1n) is 4.01. The molecule has 58 valence electrons. The number of hydrogen-bond acceptors (Lipinski definition) is 2. The van der Waals surface area contributed by atoms with Crippen LogP contribution in [-0.4, -0.2) is 24.3 Å². The summed E-state index contributed by atoms with van der Waals surface area (Å²) < 4.78 is 0. The minimum atomic E-state index is 0.846. The van der Waals surface area contributed by atoms with E-state index < -0.39 is 0 Å². The van der Waals surface area contributed by atoms with Crippen molar-refractivity contribution in [1.82, 2.24) is 4.90 Å². The van der Waals surface area contributed by atoms with Crippen LogP contribution in [0.15, 0.2) is 23.4 Å². The lowest BCUT2D eigenvalue weighted by atomic mass is 10.1. The molecule has 0 aromatic carbocycles. The molecule has 0 spiro atoms. The smallest absolute Gasteiger partial charge is 0.149 e. The van der Waals surface area contributed by atoms with Gasteiger partial charge in [0.05, 0.1) is 0 Å².